The fraction of sp³-hybridized carbons (Fsp3) is 0.385. The number of carbonyl (C=O) groups excluding carboxylic acids is 1. The van der Waals surface area contributed by atoms with Gasteiger partial charge in [-0.2, -0.15) is 0 Å². The molecule has 5 nitrogen and oxygen atoms in total. The summed E-state index contributed by atoms with van der Waals surface area (Å²) >= 11 is 0. The Kier molecular flexibility index (Phi) is 5.44. The lowest BCUT2D eigenvalue weighted by atomic mass is 10.1. The second-order valence-electron chi connectivity index (χ2n) is 4.10. The number of anilines is 1. The Hall–Kier alpha value is -1.95. The number of aliphatic carboxylic acids is 1. The van der Waals surface area contributed by atoms with Gasteiger partial charge >= 0.3 is 5.97 Å². The number of hydrogen-bond acceptors (Lipinski definition) is 3. The molecule has 3 N–H and O–H groups in total. The molecule has 6 heteroatoms. The van der Waals surface area contributed by atoms with Gasteiger partial charge in [-0.15, -0.1) is 0 Å². The maximum atomic E-state index is 12.8. The molecule has 1 unspecified atom stereocenters. The Bertz CT molecular complexity index is 448. The van der Waals surface area contributed by atoms with E-state index in [1.165, 1.54) is 29.2 Å². The number of likely N-dealkylation sites (N-methyl/N-ethyl adjacent to an activating group) is 1. The molecule has 0 aliphatic carbocycles. The molecule has 0 aromatic heterocycles. The molecule has 0 aliphatic rings. The first kappa shape index (κ1) is 15.1. The Balaban J connectivity index is 2.76. The molecule has 1 amide bonds. The van der Waals surface area contributed by atoms with Crippen molar-refractivity contribution >= 4 is 17.6 Å². The van der Waals surface area contributed by atoms with Crippen LogP contribution in [0.1, 0.15) is 19.8 Å². The second kappa shape index (κ2) is 6.84. The van der Waals surface area contributed by atoms with E-state index in [4.69, 9.17) is 10.8 Å². The van der Waals surface area contributed by atoms with Crippen LogP contribution in [0.3, 0.4) is 0 Å². The minimum atomic E-state index is -0.993. The lowest BCUT2D eigenvalue weighted by molar-refractivity contribution is -0.137. The van der Waals surface area contributed by atoms with Gasteiger partial charge in [0.1, 0.15) is 5.82 Å². The summed E-state index contributed by atoms with van der Waals surface area (Å²) in [5, 5.41) is 8.57. The summed E-state index contributed by atoms with van der Waals surface area (Å²) in [5.74, 6) is -1.74. The molecule has 104 valence electrons. The first-order valence-electron chi connectivity index (χ1n) is 6.00. The van der Waals surface area contributed by atoms with Crippen LogP contribution in [0.25, 0.3) is 0 Å². The summed E-state index contributed by atoms with van der Waals surface area (Å²) < 4.78 is 12.8. The molecule has 0 heterocycles. The van der Waals surface area contributed by atoms with Crippen molar-refractivity contribution in [2.75, 3.05) is 11.4 Å². The summed E-state index contributed by atoms with van der Waals surface area (Å²) in [5.41, 5.74) is 6.22. The van der Waals surface area contributed by atoms with Gasteiger partial charge in [0.25, 0.3) is 0 Å². The van der Waals surface area contributed by atoms with Crippen molar-refractivity contribution in [3.05, 3.63) is 30.1 Å². The number of carbonyl (C=O) groups is 2. The predicted molar refractivity (Wildman–Crippen MR) is 69.3 cm³/mol. The van der Waals surface area contributed by atoms with Crippen molar-refractivity contribution in [1.29, 1.82) is 0 Å². The number of nitrogens with two attached hydrogens (primary N) is 1. The number of benzene rings is 1. The molecule has 0 spiro atoms. The maximum absolute atomic E-state index is 12.8. The van der Waals surface area contributed by atoms with E-state index in [2.05, 4.69) is 0 Å². The van der Waals surface area contributed by atoms with Gasteiger partial charge in [-0.3, -0.25) is 9.59 Å². The van der Waals surface area contributed by atoms with Crippen molar-refractivity contribution in [1.82, 2.24) is 0 Å². The first-order valence-corrected chi connectivity index (χ1v) is 6.00. The van der Waals surface area contributed by atoms with Crippen molar-refractivity contribution in [3.8, 4) is 0 Å². The van der Waals surface area contributed by atoms with Gasteiger partial charge in [0.05, 0.1) is 6.04 Å². The van der Waals surface area contributed by atoms with Gasteiger partial charge in [0.15, 0.2) is 0 Å². The predicted octanol–water partition coefficient (Wildman–Crippen LogP) is 1.37. The molecule has 0 radical (unpaired) electrons. The van der Waals surface area contributed by atoms with Gasteiger partial charge < -0.3 is 15.7 Å². The van der Waals surface area contributed by atoms with Crippen LogP contribution < -0.4 is 10.6 Å². The Morgan fingerprint density at radius 2 is 1.95 bits per heavy atom. The molecule has 1 rings (SSSR count). The van der Waals surface area contributed by atoms with Crippen LogP contribution in [-0.4, -0.2) is 29.6 Å². The summed E-state index contributed by atoms with van der Waals surface area (Å²) in [6, 6.07) is 4.62. The Labute approximate surface area is 110 Å². The Morgan fingerprint density at radius 1 is 1.37 bits per heavy atom. The molecule has 1 aromatic rings. The summed E-state index contributed by atoms with van der Waals surface area (Å²) in [7, 11) is 0. The molecular formula is C13H17FN2O3. The zero-order chi connectivity index (χ0) is 14.4. The van der Waals surface area contributed by atoms with Crippen LogP contribution in [-0.2, 0) is 9.59 Å². The highest BCUT2D eigenvalue weighted by Crippen LogP contribution is 2.16. The third-order valence-corrected chi connectivity index (χ3v) is 2.71. The standard InChI is InChI=1S/C13H17FN2O3/c1-2-16(10-5-3-9(14)4-6-10)13(19)11(15)7-8-12(17)18/h3-6,11H,2,7-8,15H2,1H3,(H,17,18). The molecule has 0 aliphatic heterocycles. The largest absolute Gasteiger partial charge is 0.481 e. The highest BCUT2D eigenvalue weighted by molar-refractivity contribution is 5.97. The van der Waals surface area contributed by atoms with Gasteiger partial charge in [-0.05, 0) is 37.6 Å². The van der Waals surface area contributed by atoms with Crippen molar-refractivity contribution in [3.63, 3.8) is 0 Å². The van der Waals surface area contributed by atoms with Crippen LogP contribution in [0.15, 0.2) is 24.3 Å². The highest BCUT2D eigenvalue weighted by Gasteiger charge is 2.21. The number of amides is 1. The van der Waals surface area contributed by atoms with E-state index >= 15 is 0 Å². The van der Waals surface area contributed by atoms with E-state index in [9.17, 15) is 14.0 Å². The average molecular weight is 268 g/mol. The van der Waals surface area contributed by atoms with Crippen molar-refractivity contribution in [2.45, 2.75) is 25.8 Å². The normalized spacial score (nSPS) is 11.9. The lowest BCUT2D eigenvalue weighted by Gasteiger charge is -2.24. The highest BCUT2D eigenvalue weighted by atomic mass is 19.1. The molecule has 1 atom stereocenters. The van der Waals surface area contributed by atoms with E-state index in [0.717, 1.165) is 0 Å². The molecule has 0 saturated carbocycles. The van der Waals surface area contributed by atoms with Gasteiger partial charge in [0.2, 0.25) is 5.91 Å². The maximum Gasteiger partial charge on any atom is 0.303 e. The number of nitrogens with zero attached hydrogens (tertiary/aromatic N) is 1. The van der Waals surface area contributed by atoms with Crippen LogP contribution in [0, 0.1) is 5.82 Å². The second-order valence-corrected chi connectivity index (χ2v) is 4.10. The molecule has 19 heavy (non-hydrogen) atoms. The number of carboxylic acid groups (broad SMARTS) is 1. The zero-order valence-electron chi connectivity index (χ0n) is 10.7. The van der Waals surface area contributed by atoms with Crippen molar-refractivity contribution in [2.24, 2.45) is 5.73 Å². The number of hydrogen-bond donors (Lipinski definition) is 2. The van der Waals surface area contributed by atoms with Crippen LogP contribution in [0.4, 0.5) is 10.1 Å². The molecule has 0 saturated heterocycles. The third-order valence-electron chi connectivity index (χ3n) is 2.71. The Morgan fingerprint density at radius 3 is 2.42 bits per heavy atom. The van der Waals surface area contributed by atoms with Crippen molar-refractivity contribution < 1.29 is 19.1 Å². The topological polar surface area (TPSA) is 83.6 Å². The average Bonchev–Trinajstić information content (AvgIpc) is 2.38. The first-order chi connectivity index (χ1) is 8.95. The minimum absolute atomic E-state index is 0.0753. The zero-order valence-corrected chi connectivity index (χ0v) is 10.7. The summed E-state index contributed by atoms with van der Waals surface area (Å²) in [6.45, 7) is 2.15. The number of carboxylic acids is 1. The van der Waals surface area contributed by atoms with Crippen LogP contribution in [0.5, 0.6) is 0 Å². The van der Waals surface area contributed by atoms with Crippen LogP contribution in [0.2, 0.25) is 0 Å². The summed E-state index contributed by atoms with van der Waals surface area (Å²) in [6.07, 6.45) is -0.0836. The lowest BCUT2D eigenvalue weighted by Crippen LogP contribution is -2.44. The molecular weight excluding hydrogens is 251 g/mol. The van der Waals surface area contributed by atoms with Gasteiger partial charge in [-0.25, -0.2) is 4.39 Å². The van der Waals surface area contributed by atoms with Gasteiger partial charge in [-0.1, -0.05) is 0 Å². The van der Waals surface area contributed by atoms with E-state index in [-0.39, 0.29) is 24.6 Å². The molecule has 0 fully saturated rings. The summed E-state index contributed by atoms with van der Waals surface area (Å²) in [4.78, 5) is 23.9. The van der Waals surface area contributed by atoms with Gasteiger partial charge in [0, 0.05) is 18.7 Å². The van der Waals surface area contributed by atoms with E-state index in [1.807, 2.05) is 0 Å². The number of rotatable bonds is 6. The van der Waals surface area contributed by atoms with E-state index < -0.39 is 12.0 Å². The fourth-order valence-electron chi connectivity index (χ4n) is 1.69. The minimum Gasteiger partial charge on any atom is -0.481 e. The SMILES string of the molecule is CCN(C(=O)C(N)CCC(=O)O)c1ccc(F)cc1. The van der Waals surface area contributed by atoms with E-state index in [0.29, 0.717) is 12.2 Å². The van der Waals surface area contributed by atoms with Crippen LogP contribution >= 0.6 is 0 Å². The molecule has 1 aromatic carbocycles. The third kappa shape index (κ3) is 4.33. The monoisotopic (exact) mass is 268 g/mol. The molecule has 0 bridgehead atoms. The fourth-order valence-corrected chi connectivity index (χ4v) is 1.69. The number of halogens is 1. The smallest absolute Gasteiger partial charge is 0.303 e. The quantitative estimate of drug-likeness (QED) is 0.816. The van der Waals surface area contributed by atoms with E-state index in [1.54, 1.807) is 6.92 Å².